The Bertz CT molecular complexity index is 583. The van der Waals surface area contributed by atoms with Gasteiger partial charge in [0.2, 0.25) is 5.91 Å². The number of amides is 1. The quantitative estimate of drug-likeness (QED) is 0.825. The predicted octanol–water partition coefficient (Wildman–Crippen LogP) is 3.28. The first-order valence-electron chi connectivity index (χ1n) is 10.1. The van der Waals surface area contributed by atoms with E-state index in [2.05, 4.69) is 39.2 Å². The Kier molecular flexibility index (Phi) is 7.84. The van der Waals surface area contributed by atoms with Gasteiger partial charge >= 0.3 is 0 Å². The van der Waals surface area contributed by atoms with Crippen LogP contribution in [-0.2, 0) is 19.7 Å². The summed E-state index contributed by atoms with van der Waals surface area (Å²) in [6.45, 7) is 9.69. The fraction of sp³-hybridized carbons (Fsp3) is 0.636. The third-order valence-electron chi connectivity index (χ3n) is 5.24. The Balaban J connectivity index is 0.000000321. The zero-order valence-corrected chi connectivity index (χ0v) is 17.0. The van der Waals surface area contributed by atoms with Crippen molar-refractivity contribution in [3.8, 4) is 0 Å². The van der Waals surface area contributed by atoms with Crippen LogP contribution < -0.4 is 5.32 Å². The van der Waals surface area contributed by atoms with Crippen LogP contribution in [0.2, 0.25) is 0 Å². The molecule has 0 unspecified atom stereocenters. The largest absolute Gasteiger partial charge is 0.462 e. The molecule has 27 heavy (non-hydrogen) atoms. The van der Waals surface area contributed by atoms with Crippen molar-refractivity contribution < 1.29 is 14.3 Å². The molecule has 1 N–H and O–H groups in total. The number of carbonyl (C=O) groups is 2. The SMILES string of the molecule is CC(C)(C)OC=O.O=C(N1CCCCC1)C1(c2ccccc2)CCNCC1. The van der Waals surface area contributed by atoms with Gasteiger partial charge in [-0.05, 0) is 71.5 Å². The number of hydrogen-bond acceptors (Lipinski definition) is 4. The van der Waals surface area contributed by atoms with Gasteiger partial charge < -0.3 is 15.0 Å². The Morgan fingerprint density at radius 3 is 2.15 bits per heavy atom. The summed E-state index contributed by atoms with van der Waals surface area (Å²) in [5, 5.41) is 3.40. The summed E-state index contributed by atoms with van der Waals surface area (Å²) in [5.74, 6) is 0.366. The Hall–Kier alpha value is -1.88. The third kappa shape index (κ3) is 6.06. The zero-order chi connectivity index (χ0) is 19.8. The smallest absolute Gasteiger partial charge is 0.293 e. The molecular formula is C22H34N2O3. The van der Waals surface area contributed by atoms with Crippen molar-refractivity contribution in [3.63, 3.8) is 0 Å². The van der Waals surface area contributed by atoms with Gasteiger partial charge in [-0.25, -0.2) is 0 Å². The van der Waals surface area contributed by atoms with Crippen LogP contribution >= 0.6 is 0 Å². The molecule has 1 aromatic rings. The fourth-order valence-corrected chi connectivity index (χ4v) is 3.78. The van der Waals surface area contributed by atoms with Crippen LogP contribution in [0.4, 0.5) is 0 Å². The number of piperidine rings is 2. The Morgan fingerprint density at radius 2 is 1.67 bits per heavy atom. The molecule has 2 heterocycles. The lowest BCUT2D eigenvalue weighted by Gasteiger charge is -2.41. The van der Waals surface area contributed by atoms with Crippen LogP contribution in [0.1, 0.15) is 58.4 Å². The number of benzene rings is 1. The number of ether oxygens (including phenoxy) is 1. The molecule has 0 aliphatic carbocycles. The monoisotopic (exact) mass is 374 g/mol. The maximum atomic E-state index is 13.2. The van der Waals surface area contributed by atoms with Gasteiger partial charge in [0.15, 0.2) is 0 Å². The highest BCUT2D eigenvalue weighted by molar-refractivity contribution is 5.88. The number of carbonyl (C=O) groups excluding carboxylic acids is 2. The molecule has 5 heteroatoms. The van der Waals surface area contributed by atoms with Gasteiger partial charge in [0.1, 0.15) is 5.60 Å². The summed E-state index contributed by atoms with van der Waals surface area (Å²) < 4.78 is 4.55. The van der Waals surface area contributed by atoms with E-state index >= 15 is 0 Å². The summed E-state index contributed by atoms with van der Waals surface area (Å²) in [6.07, 6.45) is 5.44. The molecule has 0 radical (unpaired) electrons. The van der Waals surface area contributed by atoms with Gasteiger partial charge in [0.25, 0.3) is 6.47 Å². The molecule has 3 rings (SSSR count). The molecule has 2 aliphatic rings. The maximum Gasteiger partial charge on any atom is 0.293 e. The van der Waals surface area contributed by atoms with Crippen LogP contribution in [0.15, 0.2) is 30.3 Å². The predicted molar refractivity (Wildman–Crippen MR) is 108 cm³/mol. The van der Waals surface area contributed by atoms with E-state index in [1.54, 1.807) is 0 Å². The standard InChI is InChI=1S/C17H24N2O.C5H10O2/c20-16(19-13-5-2-6-14-19)17(9-11-18-12-10-17)15-7-3-1-4-8-15;1-5(2,3)7-4-6/h1,3-4,7-8,18H,2,5-6,9-14H2;4H,1-3H3. The van der Waals surface area contributed by atoms with Crippen LogP contribution in [-0.4, -0.2) is 49.1 Å². The number of likely N-dealkylation sites (tertiary alicyclic amines) is 1. The van der Waals surface area contributed by atoms with E-state index < -0.39 is 0 Å². The van der Waals surface area contributed by atoms with Crippen molar-refractivity contribution in [1.29, 1.82) is 0 Å². The summed E-state index contributed by atoms with van der Waals surface area (Å²) >= 11 is 0. The highest BCUT2D eigenvalue weighted by Gasteiger charge is 2.43. The summed E-state index contributed by atoms with van der Waals surface area (Å²) in [5.41, 5.74) is 0.600. The molecule has 0 bridgehead atoms. The molecule has 2 aliphatic heterocycles. The normalized spacial score (nSPS) is 19.4. The second-order valence-corrected chi connectivity index (χ2v) is 8.38. The molecule has 0 saturated carbocycles. The topological polar surface area (TPSA) is 58.6 Å². The van der Waals surface area contributed by atoms with E-state index in [1.807, 2.05) is 26.8 Å². The third-order valence-corrected chi connectivity index (χ3v) is 5.24. The molecule has 1 amide bonds. The lowest BCUT2D eigenvalue weighted by molar-refractivity contribution is -0.140. The molecular weight excluding hydrogens is 340 g/mol. The lowest BCUT2D eigenvalue weighted by atomic mass is 9.72. The Morgan fingerprint density at radius 1 is 1.07 bits per heavy atom. The minimum Gasteiger partial charge on any atom is -0.462 e. The van der Waals surface area contributed by atoms with Gasteiger partial charge in [-0.1, -0.05) is 30.3 Å². The summed E-state index contributed by atoms with van der Waals surface area (Å²) in [6, 6.07) is 10.4. The van der Waals surface area contributed by atoms with E-state index in [0.29, 0.717) is 12.4 Å². The molecule has 150 valence electrons. The zero-order valence-electron chi connectivity index (χ0n) is 17.0. The van der Waals surface area contributed by atoms with Crippen LogP contribution in [0.3, 0.4) is 0 Å². The van der Waals surface area contributed by atoms with Crippen molar-refractivity contribution in [2.45, 2.75) is 63.9 Å². The second kappa shape index (κ2) is 9.88. The highest BCUT2D eigenvalue weighted by Crippen LogP contribution is 2.36. The molecule has 2 saturated heterocycles. The number of nitrogens with zero attached hydrogens (tertiary/aromatic N) is 1. The van der Waals surface area contributed by atoms with Crippen LogP contribution in [0.25, 0.3) is 0 Å². The highest BCUT2D eigenvalue weighted by atomic mass is 16.5. The van der Waals surface area contributed by atoms with Gasteiger partial charge in [0, 0.05) is 13.1 Å². The molecule has 1 aromatic carbocycles. The number of nitrogens with one attached hydrogen (secondary N) is 1. The Labute approximate surface area is 163 Å². The minimum absolute atomic E-state index is 0.288. The van der Waals surface area contributed by atoms with Crippen molar-refractivity contribution in [1.82, 2.24) is 10.2 Å². The summed E-state index contributed by atoms with van der Waals surface area (Å²) in [7, 11) is 0. The van der Waals surface area contributed by atoms with Crippen LogP contribution in [0.5, 0.6) is 0 Å². The average Bonchev–Trinajstić information content (AvgIpc) is 2.69. The fourth-order valence-electron chi connectivity index (χ4n) is 3.78. The molecule has 0 aromatic heterocycles. The first kappa shape index (κ1) is 21.4. The van der Waals surface area contributed by atoms with Gasteiger partial charge in [0.05, 0.1) is 5.41 Å². The van der Waals surface area contributed by atoms with Gasteiger partial charge in [-0.3, -0.25) is 9.59 Å². The summed E-state index contributed by atoms with van der Waals surface area (Å²) in [4.78, 5) is 24.9. The lowest BCUT2D eigenvalue weighted by Crippen LogP contribution is -2.53. The van der Waals surface area contributed by atoms with E-state index in [1.165, 1.54) is 12.0 Å². The van der Waals surface area contributed by atoms with Crippen molar-refractivity contribution in [3.05, 3.63) is 35.9 Å². The molecule has 2 fully saturated rings. The first-order chi connectivity index (χ1) is 12.9. The van der Waals surface area contributed by atoms with Crippen molar-refractivity contribution in [2.75, 3.05) is 26.2 Å². The van der Waals surface area contributed by atoms with Crippen LogP contribution in [0, 0.1) is 0 Å². The number of hydrogen-bond donors (Lipinski definition) is 1. The van der Waals surface area contributed by atoms with Gasteiger partial charge in [-0.2, -0.15) is 0 Å². The first-order valence-corrected chi connectivity index (χ1v) is 10.1. The van der Waals surface area contributed by atoms with E-state index in [0.717, 1.165) is 51.9 Å². The second-order valence-electron chi connectivity index (χ2n) is 8.38. The van der Waals surface area contributed by atoms with Crippen molar-refractivity contribution in [2.24, 2.45) is 0 Å². The van der Waals surface area contributed by atoms with E-state index in [9.17, 15) is 9.59 Å². The van der Waals surface area contributed by atoms with E-state index in [4.69, 9.17) is 0 Å². The number of rotatable bonds is 3. The minimum atomic E-state index is -0.318. The molecule has 0 atom stereocenters. The van der Waals surface area contributed by atoms with Gasteiger partial charge in [-0.15, -0.1) is 0 Å². The van der Waals surface area contributed by atoms with Crippen molar-refractivity contribution >= 4 is 12.4 Å². The molecule has 0 spiro atoms. The average molecular weight is 375 g/mol. The maximum absolute atomic E-state index is 13.2. The molecule has 5 nitrogen and oxygen atoms in total. The van der Waals surface area contributed by atoms with E-state index in [-0.39, 0.29) is 11.0 Å².